The maximum absolute atomic E-state index is 5.99. The summed E-state index contributed by atoms with van der Waals surface area (Å²) in [7, 11) is 0. The van der Waals surface area contributed by atoms with Gasteiger partial charge in [0.1, 0.15) is 5.75 Å². The molecular formula is C14H20OS2. The molecular weight excluding hydrogens is 248 g/mol. The van der Waals surface area contributed by atoms with Crippen LogP contribution in [0.3, 0.4) is 0 Å². The van der Waals surface area contributed by atoms with E-state index in [9.17, 15) is 0 Å². The van der Waals surface area contributed by atoms with Crippen molar-refractivity contribution in [1.29, 1.82) is 0 Å². The molecule has 3 heteroatoms. The molecule has 2 aromatic rings. The van der Waals surface area contributed by atoms with Gasteiger partial charge >= 0.3 is 0 Å². The van der Waals surface area contributed by atoms with Crippen molar-refractivity contribution < 1.29 is 4.74 Å². The van der Waals surface area contributed by atoms with Crippen molar-refractivity contribution in [1.82, 2.24) is 0 Å². The van der Waals surface area contributed by atoms with Crippen molar-refractivity contribution in [3.63, 3.8) is 0 Å². The van der Waals surface area contributed by atoms with Gasteiger partial charge in [-0.3, -0.25) is 0 Å². The zero-order chi connectivity index (χ0) is 12.1. The van der Waals surface area contributed by atoms with E-state index in [-0.39, 0.29) is 0 Å². The molecule has 0 aliphatic heterocycles. The van der Waals surface area contributed by atoms with Crippen molar-refractivity contribution in [3.05, 3.63) is 16.8 Å². The number of fused-ring (bicyclic) bond motifs is 1. The molecule has 0 aliphatic carbocycles. The predicted octanol–water partition coefficient (Wildman–Crippen LogP) is 5.56. The highest BCUT2D eigenvalue weighted by Crippen LogP contribution is 2.36. The minimum atomic E-state index is 0.713. The highest BCUT2D eigenvalue weighted by Gasteiger charge is 2.10. The molecule has 2 aromatic heterocycles. The van der Waals surface area contributed by atoms with E-state index in [1.54, 1.807) is 22.7 Å². The summed E-state index contributed by atoms with van der Waals surface area (Å²) in [6.45, 7) is 5.39. The zero-order valence-electron chi connectivity index (χ0n) is 10.6. The van der Waals surface area contributed by atoms with E-state index in [2.05, 4.69) is 30.7 Å². The predicted molar refractivity (Wildman–Crippen MR) is 78.5 cm³/mol. The number of rotatable bonds is 7. The van der Waals surface area contributed by atoms with Crippen molar-refractivity contribution >= 4 is 32.1 Å². The van der Waals surface area contributed by atoms with Crippen LogP contribution in [0.15, 0.2) is 16.8 Å². The molecule has 1 atom stereocenters. The molecule has 0 radical (unpaired) electrons. The van der Waals surface area contributed by atoms with E-state index in [1.807, 2.05) is 0 Å². The van der Waals surface area contributed by atoms with Gasteiger partial charge < -0.3 is 4.74 Å². The molecule has 0 N–H and O–H groups in total. The lowest BCUT2D eigenvalue weighted by Crippen LogP contribution is -2.10. The van der Waals surface area contributed by atoms with Gasteiger partial charge in [0.25, 0.3) is 0 Å². The summed E-state index contributed by atoms with van der Waals surface area (Å²) in [5, 5.41) is 4.29. The second kappa shape index (κ2) is 6.41. The largest absolute Gasteiger partial charge is 0.491 e. The molecule has 1 unspecified atom stereocenters. The SMILES string of the molecule is CCCCC(CC)COc1csc2ccsc12. The Bertz CT molecular complexity index is 444. The van der Waals surface area contributed by atoms with Gasteiger partial charge in [-0.05, 0) is 23.8 Å². The summed E-state index contributed by atoms with van der Waals surface area (Å²) in [5.41, 5.74) is 0. The standard InChI is InChI=1S/C14H20OS2/c1-3-5-6-11(4-2)9-15-12-10-17-13-7-8-16-14(12)13/h7-8,10-11H,3-6,9H2,1-2H3. The van der Waals surface area contributed by atoms with E-state index >= 15 is 0 Å². The lowest BCUT2D eigenvalue weighted by molar-refractivity contribution is 0.236. The van der Waals surface area contributed by atoms with Gasteiger partial charge in [0.2, 0.25) is 0 Å². The van der Waals surface area contributed by atoms with Crippen molar-refractivity contribution in [2.75, 3.05) is 6.61 Å². The first-order chi connectivity index (χ1) is 8.35. The Morgan fingerprint density at radius 3 is 2.94 bits per heavy atom. The minimum absolute atomic E-state index is 0.713. The summed E-state index contributed by atoms with van der Waals surface area (Å²) in [5.74, 6) is 1.81. The average molecular weight is 268 g/mol. The van der Waals surface area contributed by atoms with Gasteiger partial charge in [0.05, 0.1) is 11.3 Å². The van der Waals surface area contributed by atoms with Gasteiger partial charge in [-0.1, -0.05) is 33.1 Å². The van der Waals surface area contributed by atoms with Crippen LogP contribution in [-0.4, -0.2) is 6.61 Å². The highest BCUT2D eigenvalue weighted by atomic mass is 32.1. The highest BCUT2D eigenvalue weighted by molar-refractivity contribution is 7.26. The normalized spacial score (nSPS) is 13.1. The van der Waals surface area contributed by atoms with Crippen LogP contribution >= 0.6 is 22.7 Å². The van der Waals surface area contributed by atoms with Crippen LogP contribution in [0.5, 0.6) is 5.75 Å². The number of hydrogen-bond donors (Lipinski definition) is 0. The molecule has 2 rings (SSSR count). The number of thiophene rings is 2. The monoisotopic (exact) mass is 268 g/mol. The molecule has 0 amide bonds. The Balaban J connectivity index is 1.90. The molecule has 0 spiro atoms. The van der Waals surface area contributed by atoms with Crippen LogP contribution in [0, 0.1) is 5.92 Å². The van der Waals surface area contributed by atoms with Crippen molar-refractivity contribution in [2.24, 2.45) is 5.92 Å². The zero-order valence-corrected chi connectivity index (χ0v) is 12.2. The molecule has 2 heterocycles. The summed E-state index contributed by atoms with van der Waals surface area (Å²) >= 11 is 3.57. The third kappa shape index (κ3) is 3.23. The van der Waals surface area contributed by atoms with Crippen LogP contribution in [-0.2, 0) is 0 Å². The molecule has 0 saturated carbocycles. The molecule has 0 fully saturated rings. The lowest BCUT2D eigenvalue weighted by Gasteiger charge is -2.14. The first-order valence-corrected chi connectivity index (χ1v) is 8.18. The van der Waals surface area contributed by atoms with Gasteiger partial charge in [-0.15, -0.1) is 22.7 Å². The van der Waals surface area contributed by atoms with E-state index in [0.717, 1.165) is 12.4 Å². The topological polar surface area (TPSA) is 9.23 Å². The Kier molecular flexibility index (Phi) is 4.86. The number of unbranched alkanes of at least 4 members (excludes halogenated alkanes) is 1. The molecule has 1 nitrogen and oxygen atoms in total. The summed E-state index contributed by atoms with van der Waals surface area (Å²) < 4.78 is 8.66. The molecule has 0 aliphatic rings. The van der Waals surface area contributed by atoms with Gasteiger partial charge in [-0.2, -0.15) is 0 Å². The van der Waals surface area contributed by atoms with E-state index in [4.69, 9.17) is 4.74 Å². The summed E-state index contributed by atoms with van der Waals surface area (Å²) in [6, 6.07) is 2.17. The maximum atomic E-state index is 5.99. The lowest BCUT2D eigenvalue weighted by atomic mass is 10.0. The Hall–Kier alpha value is -0.540. The number of ether oxygens (including phenoxy) is 1. The van der Waals surface area contributed by atoms with Crippen LogP contribution < -0.4 is 4.74 Å². The van der Waals surface area contributed by atoms with Gasteiger partial charge in [0.15, 0.2) is 0 Å². The van der Waals surface area contributed by atoms with Crippen LogP contribution in [0.2, 0.25) is 0 Å². The second-order valence-corrected chi connectivity index (χ2v) is 6.27. The Morgan fingerprint density at radius 1 is 1.29 bits per heavy atom. The first kappa shape index (κ1) is 12.9. The third-order valence-corrected chi connectivity index (χ3v) is 5.15. The Morgan fingerprint density at radius 2 is 2.18 bits per heavy atom. The van der Waals surface area contributed by atoms with E-state index < -0.39 is 0 Å². The van der Waals surface area contributed by atoms with Gasteiger partial charge in [0, 0.05) is 10.1 Å². The fraction of sp³-hybridized carbons (Fsp3) is 0.571. The van der Waals surface area contributed by atoms with Gasteiger partial charge in [-0.25, -0.2) is 0 Å². The number of hydrogen-bond acceptors (Lipinski definition) is 3. The van der Waals surface area contributed by atoms with Crippen LogP contribution in [0.4, 0.5) is 0 Å². The fourth-order valence-corrected chi connectivity index (χ4v) is 3.93. The summed E-state index contributed by atoms with van der Waals surface area (Å²) in [6.07, 6.45) is 5.12. The Labute approximate surface area is 111 Å². The van der Waals surface area contributed by atoms with Crippen LogP contribution in [0.25, 0.3) is 9.40 Å². The third-order valence-electron chi connectivity index (χ3n) is 3.16. The van der Waals surface area contributed by atoms with Crippen molar-refractivity contribution in [3.8, 4) is 5.75 Å². The quantitative estimate of drug-likeness (QED) is 0.639. The fourth-order valence-electron chi connectivity index (χ4n) is 1.95. The maximum Gasteiger partial charge on any atom is 0.147 e. The smallest absolute Gasteiger partial charge is 0.147 e. The average Bonchev–Trinajstić information content (AvgIpc) is 2.93. The van der Waals surface area contributed by atoms with Crippen molar-refractivity contribution in [2.45, 2.75) is 39.5 Å². The second-order valence-electron chi connectivity index (χ2n) is 4.44. The first-order valence-electron chi connectivity index (χ1n) is 6.42. The van der Waals surface area contributed by atoms with Crippen LogP contribution in [0.1, 0.15) is 39.5 Å². The van der Waals surface area contributed by atoms with E-state index in [0.29, 0.717) is 5.92 Å². The molecule has 0 aromatic carbocycles. The molecule has 0 saturated heterocycles. The molecule has 0 bridgehead atoms. The minimum Gasteiger partial charge on any atom is -0.491 e. The van der Waals surface area contributed by atoms with E-state index in [1.165, 1.54) is 35.1 Å². The molecule has 17 heavy (non-hydrogen) atoms. The summed E-state index contributed by atoms with van der Waals surface area (Å²) in [4.78, 5) is 0. The molecule has 94 valence electrons.